The van der Waals surface area contributed by atoms with Crippen LogP contribution >= 0.6 is 0 Å². The lowest BCUT2D eigenvalue weighted by atomic mass is 10.2. The van der Waals surface area contributed by atoms with Crippen molar-refractivity contribution in [2.45, 2.75) is 31.3 Å². The number of nitrogen functional groups attached to an aromatic ring is 1. The van der Waals surface area contributed by atoms with E-state index in [0.717, 1.165) is 30.2 Å². The number of hydrogen-bond acceptors (Lipinski definition) is 7. The Labute approximate surface area is 116 Å². The summed E-state index contributed by atoms with van der Waals surface area (Å²) in [6.45, 7) is 2.25. The lowest BCUT2D eigenvalue weighted by molar-refractivity contribution is 0.326. The van der Waals surface area contributed by atoms with Crippen LogP contribution in [0.25, 0.3) is 11.0 Å². The van der Waals surface area contributed by atoms with Crippen molar-refractivity contribution in [3.63, 3.8) is 0 Å². The Hall–Kier alpha value is -1.93. The number of fused-ring (bicyclic) bond motifs is 1. The number of aromatic amines is 1. The number of H-pyrrole nitrogens is 1. The molecule has 1 aliphatic heterocycles. The number of hydrogen-bond donors (Lipinski definition) is 4. The van der Waals surface area contributed by atoms with Gasteiger partial charge in [0, 0.05) is 25.2 Å². The molecule has 2 fully saturated rings. The molecular weight excluding hydrogens is 256 g/mol. The van der Waals surface area contributed by atoms with Crippen molar-refractivity contribution in [2.75, 3.05) is 23.8 Å². The highest BCUT2D eigenvalue weighted by molar-refractivity contribution is 5.87. The molecule has 1 saturated carbocycles. The van der Waals surface area contributed by atoms with Crippen LogP contribution in [-0.4, -0.2) is 50.2 Å². The van der Waals surface area contributed by atoms with E-state index in [0.29, 0.717) is 17.6 Å². The van der Waals surface area contributed by atoms with E-state index in [1.807, 2.05) is 0 Å². The summed E-state index contributed by atoms with van der Waals surface area (Å²) < 4.78 is 0. The largest absolute Gasteiger partial charge is 0.365 e. The number of likely N-dealkylation sites (tertiary alicyclic amines) is 1. The highest BCUT2D eigenvalue weighted by Gasteiger charge is 2.34. The van der Waals surface area contributed by atoms with E-state index < -0.39 is 0 Å². The molecule has 0 amide bonds. The second kappa shape index (κ2) is 4.57. The van der Waals surface area contributed by atoms with Gasteiger partial charge in [0.05, 0.1) is 11.6 Å². The van der Waals surface area contributed by atoms with Crippen LogP contribution in [0.2, 0.25) is 0 Å². The minimum atomic E-state index is 0.390. The van der Waals surface area contributed by atoms with Gasteiger partial charge >= 0.3 is 0 Å². The zero-order chi connectivity index (χ0) is 13.5. The molecule has 1 saturated heterocycles. The van der Waals surface area contributed by atoms with Gasteiger partial charge in [-0.05, 0) is 19.3 Å². The van der Waals surface area contributed by atoms with Gasteiger partial charge in [0.1, 0.15) is 5.82 Å². The Bertz CT molecular complexity index is 619. The molecule has 8 heteroatoms. The fraction of sp³-hybridized carbons (Fsp3) is 0.583. The summed E-state index contributed by atoms with van der Waals surface area (Å²) in [5.41, 5.74) is 3.18. The van der Waals surface area contributed by atoms with Gasteiger partial charge in [0.25, 0.3) is 0 Å². The fourth-order valence-electron chi connectivity index (χ4n) is 2.88. The quantitative estimate of drug-likeness (QED) is 0.468. The van der Waals surface area contributed by atoms with Crippen molar-refractivity contribution in [3.05, 3.63) is 6.20 Å². The Morgan fingerprint density at radius 2 is 2.20 bits per heavy atom. The molecule has 5 N–H and O–H groups in total. The molecule has 0 bridgehead atoms. The number of nitrogens with zero attached hydrogens (tertiary/aromatic N) is 4. The average Bonchev–Trinajstić information content (AvgIpc) is 3.02. The van der Waals surface area contributed by atoms with Gasteiger partial charge in [-0.25, -0.2) is 5.84 Å². The second-order valence-electron chi connectivity index (χ2n) is 5.53. The van der Waals surface area contributed by atoms with Crippen LogP contribution in [0, 0.1) is 0 Å². The van der Waals surface area contributed by atoms with Crippen molar-refractivity contribution >= 4 is 22.8 Å². The van der Waals surface area contributed by atoms with E-state index >= 15 is 0 Å². The minimum absolute atomic E-state index is 0.390. The van der Waals surface area contributed by atoms with E-state index in [4.69, 9.17) is 5.84 Å². The number of aromatic nitrogens is 4. The van der Waals surface area contributed by atoms with Crippen molar-refractivity contribution in [3.8, 4) is 0 Å². The Morgan fingerprint density at radius 3 is 3.00 bits per heavy atom. The molecule has 1 atom stereocenters. The molecule has 2 aliphatic rings. The summed E-state index contributed by atoms with van der Waals surface area (Å²) >= 11 is 0. The van der Waals surface area contributed by atoms with Gasteiger partial charge in [-0.15, -0.1) is 0 Å². The Morgan fingerprint density at radius 1 is 1.30 bits per heavy atom. The third-order valence-electron chi connectivity index (χ3n) is 4.06. The first-order chi connectivity index (χ1) is 9.83. The molecule has 1 aliphatic carbocycles. The first kappa shape index (κ1) is 11.9. The summed E-state index contributed by atoms with van der Waals surface area (Å²) in [6, 6.07) is 1.25. The fourth-order valence-corrected chi connectivity index (χ4v) is 2.88. The number of nitrogens with two attached hydrogens (primary N) is 1. The molecule has 0 radical (unpaired) electrons. The van der Waals surface area contributed by atoms with Gasteiger partial charge in [-0.3, -0.25) is 15.4 Å². The standard InChI is InChI=1S/C12H18N8/c13-18-12-16-10(9-5-14-19-11(9)17-12)15-7-3-4-20(6-7)8-1-2-8/h5,7-8H,1-4,6,13H2,(H3,14,15,16,17,18,19). The van der Waals surface area contributed by atoms with Crippen LogP contribution in [0.4, 0.5) is 11.8 Å². The minimum Gasteiger partial charge on any atom is -0.365 e. The third kappa shape index (κ3) is 2.06. The summed E-state index contributed by atoms with van der Waals surface area (Å²) in [6.07, 6.45) is 5.59. The molecule has 0 aromatic carbocycles. The van der Waals surface area contributed by atoms with Crippen LogP contribution in [0.15, 0.2) is 6.20 Å². The number of rotatable bonds is 4. The Kier molecular flexibility index (Phi) is 2.71. The first-order valence-corrected chi connectivity index (χ1v) is 7.02. The zero-order valence-corrected chi connectivity index (χ0v) is 11.1. The van der Waals surface area contributed by atoms with E-state index in [1.54, 1.807) is 6.20 Å². The molecule has 20 heavy (non-hydrogen) atoms. The van der Waals surface area contributed by atoms with Crippen LogP contribution in [-0.2, 0) is 0 Å². The highest BCUT2D eigenvalue weighted by atomic mass is 15.3. The summed E-state index contributed by atoms with van der Waals surface area (Å²) in [7, 11) is 0. The molecule has 2 aromatic heterocycles. The SMILES string of the molecule is NNc1nc(NC2CCN(C3CC3)C2)c2cn[nH]c2n1. The number of hydrazine groups is 1. The third-order valence-corrected chi connectivity index (χ3v) is 4.06. The van der Waals surface area contributed by atoms with Gasteiger partial charge in [-0.1, -0.05) is 0 Å². The molecule has 2 aromatic rings. The lowest BCUT2D eigenvalue weighted by Gasteiger charge is -2.16. The summed E-state index contributed by atoms with van der Waals surface area (Å²) in [5.74, 6) is 6.59. The average molecular weight is 274 g/mol. The first-order valence-electron chi connectivity index (χ1n) is 7.02. The lowest BCUT2D eigenvalue weighted by Crippen LogP contribution is -2.28. The van der Waals surface area contributed by atoms with Gasteiger partial charge in [-0.2, -0.15) is 15.1 Å². The predicted molar refractivity (Wildman–Crippen MR) is 76.1 cm³/mol. The summed E-state index contributed by atoms with van der Waals surface area (Å²) in [4.78, 5) is 11.2. The topological polar surface area (TPSA) is 108 Å². The zero-order valence-electron chi connectivity index (χ0n) is 11.1. The normalized spacial score (nSPS) is 23.4. The molecular formula is C12H18N8. The molecule has 106 valence electrons. The monoisotopic (exact) mass is 274 g/mol. The second-order valence-corrected chi connectivity index (χ2v) is 5.53. The van der Waals surface area contributed by atoms with Crippen molar-refractivity contribution in [1.29, 1.82) is 0 Å². The molecule has 3 heterocycles. The maximum Gasteiger partial charge on any atom is 0.241 e. The smallest absolute Gasteiger partial charge is 0.241 e. The van der Waals surface area contributed by atoms with Crippen LogP contribution in [0.3, 0.4) is 0 Å². The van der Waals surface area contributed by atoms with Crippen molar-refractivity contribution in [2.24, 2.45) is 5.84 Å². The van der Waals surface area contributed by atoms with Crippen LogP contribution in [0.5, 0.6) is 0 Å². The number of anilines is 2. The molecule has 1 unspecified atom stereocenters. The van der Waals surface area contributed by atoms with E-state index in [9.17, 15) is 0 Å². The van der Waals surface area contributed by atoms with E-state index in [-0.39, 0.29) is 0 Å². The van der Waals surface area contributed by atoms with Crippen LogP contribution < -0.4 is 16.6 Å². The highest BCUT2D eigenvalue weighted by Crippen LogP contribution is 2.31. The molecule has 4 rings (SSSR count). The van der Waals surface area contributed by atoms with Crippen LogP contribution in [0.1, 0.15) is 19.3 Å². The van der Waals surface area contributed by atoms with Crippen molar-refractivity contribution < 1.29 is 0 Å². The molecule has 0 spiro atoms. The number of nitrogens with one attached hydrogen (secondary N) is 3. The van der Waals surface area contributed by atoms with Gasteiger partial charge < -0.3 is 5.32 Å². The predicted octanol–water partition coefficient (Wildman–Crippen LogP) is 0.287. The van der Waals surface area contributed by atoms with Gasteiger partial charge in [0.2, 0.25) is 5.95 Å². The maximum atomic E-state index is 5.41. The molecule has 8 nitrogen and oxygen atoms in total. The van der Waals surface area contributed by atoms with Gasteiger partial charge in [0.15, 0.2) is 5.65 Å². The Balaban J connectivity index is 1.56. The van der Waals surface area contributed by atoms with E-state index in [2.05, 4.69) is 35.8 Å². The summed E-state index contributed by atoms with van der Waals surface area (Å²) in [5, 5.41) is 11.3. The van der Waals surface area contributed by atoms with E-state index in [1.165, 1.54) is 19.4 Å². The van der Waals surface area contributed by atoms with Crippen molar-refractivity contribution in [1.82, 2.24) is 25.1 Å². The maximum absolute atomic E-state index is 5.41.